The van der Waals surface area contributed by atoms with Crippen LogP contribution in [0.2, 0.25) is 0 Å². The molecule has 0 amide bonds. The molecular weight excluding hydrogens is 735 g/mol. The summed E-state index contributed by atoms with van der Waals surface area (Å²) in [6.45, 7) is 0. The number of rotatable bonds is 5. The molecule has 0 N–H and O–H groups in total. The largest absolute Gasteiger partial charge is 0.310 e. The molecule has 0 heterocycles. The van der Waals surface area contributed by atoms with E-state index in [1.54, 1.807) is 0 Å². The molecule has 0 unspecified atom stereocenters. The first-order valence-electron chi connectivity index (χ1n) is 21.3. The van der Waals surface area contributed by atoms with Crippen LogP contribution >= 0.6 is 0 Å². The van der Waals surface area contributed by atoms with E-state index in [-0.39, 0.29) is 0 Å². The number of para-hydroxylation sites is 1. The van der Waals surface area contributed by atoms with Crippen LogP contribution in [0.1, 0.15) is 44.5 Å². The van der Waals surface area contributed by atoms with E-state index in [1.807, 2.05) is 0 Å². The van der Waals surface area contributed by atoms with Crippen molar-refractivity contribution >= 4 is 27.8 Å². The van der Waals surface area contributed by atoms with E-state index in [2.05, 4.69) is 241 Å². The van der Waals surface area contributed by atoms with Gasteiger partial charge in [-0.2, -0.15) is 0 Å². The Bertz CT molecular complexity index is 3280. The summed E-state index contributed by atoms with van der Waals surface area (Å²) < 4.78 is 0. The van der Waals surface area contributed by atoms with Crippen LogP contribution in [0, 0.1) is 0 Å². The predicted molar refractivity (Wildman–Crippen MR) is 252 cm³/mol. The fourth-order valence-electron chi connectivity index (χ4n) is 11.5. The van der Waals surface area contributed by atoms with Crippen molar-refractivity contribution in [1.82, 2.24) is 0 Å². The van der Waals surface area contributed by atoms with Crippen LogP contribution in [-0.4, -0.2) is 0 Å². The van der Waals surface area contributed by atoms with Crippen LogP contribution < -0.4 is 4.90 Å². The molecule has 0 radical (unpaired) electrons. The van der Waals surface area contributed by atoms with E-state index in [4.69, 9.17) is 0 Å². The van der Waals surface area contributed by atoms with E-state index < -0.39 is 10.8 Å². The maximum absolute atomic E-state index is 2.51. The number of hydrogen-bond donors (Lipinski definition) is 0. The average Bonchev–Trinajstić information content (AvgIpc) is 3.91. The Morgan fingerprint density at radius 1 is 0.230 bits per heavy atom. The number of nitrogens with zero attached hydrogens (tertiary/aromatic N) is 1. The molecule has 284 valence electrons. The summed E-state index contributed by atoms with van der Waals surface area (Å²) in [5.74, 6) is 0. The van der Waals surface area contributed by atoms with Gasteiger partial charge in [0, 0.05) is 17.1 Å². The van der Waals surface area contributed by atoms with Crippen molar-refractivity contribution in [3.05, 3.63) is 281 Å². The summed E-state index contributed by atoms with van der Waals surface area (Å²) in [6.07, 6.45) is 0. The van der Waals surface area contributed by atoms with Gasteiger partial charge in [-0.3, -0.25) is 0 Å². The van der Waals surface area contributed by atoms with E-state index >= 15 is 0 Å². The molecule has 10 aromatic rings. The van der Waals surface area contributed by atoms with Crippen LogP contribution in [0.25, 0.3) is 44.2 Å². The zero-order chi connectivity index (χ0) is 40.1. The Morgan fingerprint density at radius 3 is 1.15 bits per heavy atom. The van der Waals surface area contributed by atoms with Crippen LogP contribution in [-0.2, 0) is 10.8 Å². The minimum absolute atomic E-state index is 0.477. The molecule has 0 saturated carbocycles. The van der Waals surface area contributed by atoms with Crippen LogP contribution in [0.5, 0.6) is 0 Å². The molecule has 3 aliphatic rings. The maximum Gasteiger partial charge on any atom is 0.0726 e. The molecule has 0 bridgehead atoms. The number of hydrogen-bond acceptors (Lipinski definition) is 1. The van der Waals surface area contributed by atoms with Gasteiger partial charge in [0.05, 0.1) is 10.8 Å². The monoisotopic (exact) mass is 773 g/mol. The Kier molecular flexibility index (Phi) is 7.21. The van der Waals surface area contributed by atoms with Gasteiger partial charge in [0.1, 0.15) is 0 Å². The van der Waals surface area contributed by atoms with Crippen molar-refractivity contribution in [3.8, 4) is 33.4 Å². The van der Waals surface area contributed by atoms with Gasteiger partial charge in [0.15, 0.2) is 0 Å². The van der Waals surface area contributed by atoms with Gasteiger partial charge in [-0.25, -0.2) is 0 Å². The summed E-state index contributed by atoms with van der Waals surface area (Å²) in [4.78, 5) is 2.48. The van der Waals surface area contributed by atoms with Crippen molar-refractivity contribution in [2.45, 2.75) is 10.8 Å². The van der Waals surface area contributed by atoms with Gasteiger partial charge in [-0.15, -0.1) is 0 Å². The lowest BCUT2D eigenvalue weighted by molar-refractivity contribution is 0.768. The summed E-state index contributed by atoms with van der Waals surface area (Å²) in [6, 6.07) is 88.5. The predicted octanol–water partition coefficient (Wildman–Crippen LogP) is 15.0. The standard InChI is InChI=1S/C60H39N/c1-4-20-42(21-5-1)59(43-22-6-2-7-23-43)53-29-15-12-28-49(53)50-34-32-45(38-57(50)59)61(44-24-8-3-9-25-44)46-33-35-51-52-36-40-18-10-11-19-41(40)37-56(52)60(58(51)39-46)54-30-16-13-26-47(54)48-27-14-17-31-55(48)60/h1-39H. The zero-order valence-corrected chi connectivity index (χ0v) is 33.5. The normalized spacial score (nSPS) is 14.2. The second-order valence-electron chi connectivity index (χ2n) is 16.7. The first-order chi connectivity index (χ1) is 30.3. The highest BCUT2D eigenvalue weighted by atomic mass is 15.1. The Hall–Kier alpha value is -7.74. The molecule has 0 fully saturated rings. The Morgan fingerprint density at radius 2 is 0.607 bits per heavy atom. The molecule has 3 aliphatic carbocycles. The molecule has 13 rings (SSSR count). The molecule has 61 heavy (non-hydrogen) atoms. The zero-order valence-electron chi connectivity index (χ0n) is 33.5. The fourth-order valence-corrected chi connectivity index (χ4v) is 11.5. The summed E-state index contributed by atoms with van der Waals surface area (Å²) in [5, 5.41) is 2.53. The molecule has 1 heteroatoms. The Labute approximate surface area is 356 Å². The van der Waals surface area contributed by atoms with Gasteiger partial charge in [-0.1, -0.05) is 188 Å². The van der Waals surface area contributed by atoms with E-state index in [9.17, 15) is 0 Å². The fraction of sp³-hybridized carbons (Fsp3) is 0.0333. The number of anilines is 3. The molecule has 1 spiro atoms. The molecule has 0 saturated heterocycles. The van der Waals surface area contributed by atoms with Gasteiger partial charge < -0.3 is 4.90 Å². The van der Waals surface area contributed by atoms with Crippen LogP contribution in [0.15, 0.2) is 237 Å². The van der Waals surface area contributed by atoms with Crippen molar-refractivity contribution in [1.29, 1.82) is 0 Å². The third-order valence-corrected chi connectivity index (χ3v) is 13.9. The lowest BCUT2D eigenvalue weighted by Gasteiger charge is -2.35. The van der Waals surface area contributed by atoms with E-state index in [1.165, 1.54) is 88.7 Å². The summed E-state index contributed by atoms with van der Waals surface area (Å²) in [5.41, 5.74) is 20.7. The second kappa shape index (κ2) is 12.9. The lowest BCUT2D eigenvalue weighted by Crippen LogP contribution is -2.28. The average molecular weight is 774 g/mol. The topological polar surface area (TPSA) is 3.24 Å². The summed E-state index contributed by atoms with van der Waals surface area (Å²) >= 11 is 0. The smallest absolute Gasteiger partial charge is 0.0726 e. The minimum atomic E-state index is -0.504. The van der Waals surface area contributed by atoms with Gasteiger partial charge in [-0.05, 0) is 137 Å². The highest BCUT2D eigenvalue weighted by molar-refractivity contribution is 6.01. The van der Waals surface area contributed by atoms with Crippen molar-refractivity contribution in [2.75, 3.05) is 4.90 Å². The third-order valence-electron chi connectivity index (χ3n) is 13.9. The van der Waals surface area contributed by atoms with Gasteiger partial charge in [0.2, 0.25) is 0 Å². The SMILES string of the molecule is c1ccc(N(c2ccc3c(c2)C(c2ccccc2)(c2ccccc2)c2ccccc2-3)c2ccc3c(c2)C2(c4ccccc4-c4ccccc42)c2cc4ccccc4cc2-3)cc1. The minimum Gasteiger partial charge on any atom is -0.310 e. The van der Waals surface area contributed by atoms with Crippen molar-refractivity contribution < 1.29 is 0 Å². The van der Waals surface area contributed by atoms with E-state index in [0.717, 1.165) is 17.1 Å². The van der Waals surface area contributed by atoms with Crippen LogP contribution in [0.3, 0.4) is 0 Å². The molecule has 0 aromatic heterocycles. The number of fused-ring (bicyclic) bond motifs is 14. The first-order valence-corrected chi connectivity index (χ1v) is 21.3. The van der Waals surface area contributed by atoms with E-state index in [0.29, 0.717) is 0 Å². The van der Waals surface area contributed by atoms with Crippen molar-refractivity contribution in [2.24, 2.45) is 0 Å². The molecule has 0 aliphatic heterocycles. The first kappa shape index (κ1) is 34.2. The third kappa shape index (κ3) is 4.55. The molecule has 10 aromatic carbocycles. The van der Waals surface area contributed by atoms with Crippen LogP contribution in [0.4, 0.5) is 17.1 Å². The highest BCUT2D eigenvalue weighted by Crippen LogP contribution is 2.64. The van der Waals surface area contributed by atoms with Gasteiger partial charge in [0.25, 0.3) is 0 Å². The molecule has 1 nitrogen and oxygen atoms in total. The van der Waals surface area contributed by atoms with Crippen molar-refractivity contribution in [3.63, 3.8) is 0 Å². The molecule has 0 atom stereocenters. The second-order valence-corrected chi connectivity index (χ2v) is 16.7. The number of benzene rings is 10. The quantitative estimate of drug-likeness (QED) is 0.168. The maximum atomic E-state index is 2.51. The lowest BCUT2D eigenvalue weighted by atomic mass is 9.67. The van der Waals surface area contributed by atoms with Gasteiger partial charge >= 0.3 is 0 Å². The summed E-state index contributed by atoms with van der Waals surface area (Å²) in [7, 11) is 0. The highest BCUT2D eigenvalue weighted by Gasteiger charge is 2.52. The molecular formula is C60H39N. The Balaban J connectivity index is 1.09.